The Balaban J connectivity index is 2.03. The third-order valence-electron chi connectivity index (χ3n) is 3.39. The number of nitrogens with zero attached hydrogens (tertiary/aromatic N) is 1. The number of carbonyl (C=O) groups excluding carboxylic acids is 2. The van der Waals surface area contributed by atoms with Crippen LogP contribution in [0.1, 0.15) is 22.8 Å². The lowest BCUT2D eigenvalue weighted by atomic mass is 10.1. The minimum absolute atomic E-state index is 0.0553. The van der Waals surface area contributed by atoms with Crippen molar-refractivity contribution >= 4 is 33.3 Å². The average Bonchev–Trinajstić information content (AvgIpc) is 2.60. The molecule has 0 bridgehead atoms. The van der Waals surface area contributed by atoms with E-state index in [4.69, 9.17) is 0 Å². The van der Waals surface area contributed by atoms with E-state index in [-0.39, 0.29) is 11.4 Å². The zero-order valence-electron chi connectivity index (χ0n) is 13.5. The molecule has 0 unspecified atom stereocenters. The number of ketones is 1. The summed E-state index contributed by atoms with van der Waals surface area (Å²) in [6.45, 7) is 1.92. The highest BCUT2D eigenvalue weighted by Crippen LogP contribution is 2.15. The number of carbonyl (C=O) groups is 2. The number of Topliss-reactive ketones (excluding diaryl/α,β-unsaturated/α-hetero) is 1. The Bertz CT molecular complexity index is 869. The highest BCUT2D eigenvalue weighted by Gasteiger charge is 2.10. The molecule has 2 aromatic carbocycles. The maximum atomic E-state index is 12.2. The minimum Gasteiger partial charge on any atom is -0.386 e. The van der Waals surface area contributed by atoms with Crippen LogP contribution in [0.4, 0.5) is 5.69 Å². The summed E-state index contributed by atoms with van der Waals surface area (Å²) in [5, 5.41) is 14.8. The van der Waals surface area contributed by atoms with E-state index >= 15 is 0 Å². The molecule has 0 spiro atoms. The van der Waals surface area contributed by atoms with E-state index in [0.29, 0.717) is 17.8 Å². The first-order valence-electron chi connectivity index (χ1n) is 7.50. The number of halogens is 1. The average molecular weight is 398 g/mol. The molecule has 0 atom stereocenters. The van der Waals surface area contributed by atoms with Gasteiger partial charge in [0, 0.05) is 28.5 Å². The van der Waals surface area contributed by atoms with Gasteiger partial charge >= 0.3 is 0 Å². The summed E-state index contributed by atoms with van der Waals surface area (Å²) in [6.07, 6.45) is 1.38. The van der Waals surface area contributed by atoms with E-state index in [1.54, 1.807) is 24.3 Å². The first-order chi connectivity index (χ1) is 12.0. The lowest BCUT2D eigenvalue weighted by Gasteiger charge is -2.07. The Hall–Kier alpha value is -2.91. The van der Waals surface area contributed by atoms with Crippen LogP contribution in [0.5, 0.6) is 0 Å². The van der Waals surface area contributed by atoms with Crippen LogP contribution in [0.25, 0.3) is 0 Å². The van der Waals surface area contributed by atoms with Gasteiger partial charge in [-0.3, -0.25) is 9.59 Å². The lowest BCUT2D eigenvalue weighted by molar-refractivity contribution is -0.112. The largest absolute Gasteiger partial charge is 0.386 e. The Kier molecular flexibility index (Phi) is 6.49. The predicted molar refractivity (Wildman–Crippen MR) is 99.8 cm³/mol. The maximum absolute atomic E-state index is 12.2. The second kappa shape index (κ2) is 8.81. The standard InChI is InChI=1S/C19H16BrN3O2/c1-13(24)14-6-4-7-17(9-14)23-19(25)16(10-21)12-22-11-15-5-2-3-8-18(15)20/h2-9,12,22H,11H2,1H3,(H,23,25)/b16-12-. The molecule has 0 aliphatic heterocycles. The number of benzene rings is 2. The SMILES string of the molecule is CC(=O)c1cccc(NC(=O)/C(C#N)=C\NCc2ccccc2Br)c1. The molecule has 0 radical (unpaired) electrons. The molecule has 126 valence electrons. The van der Waals surface area contributed by atoms with E-state index < -0.39 is 5.91 Å². The minimum atomic E-state index is -0.539. The normalized spacial score (nSPS) is 10.7. The molecule has 0 fully saturated rings. The van der Waals surface area contributed by atoms with Crippen LogP contribution < -0.4 is 10.6 Å². The topological polar surface area (TPSA) is 82.0 Å². The fourth-order valence-corrected chi connectivity index (χ4v) is 2.49. The van der Waals surface area contributed by atoms with Crippen LogP contribution in [0, 0.1) is 11.3 Å². The number of anilines is 1. The van der Waals surface area contributed by atoms with E-state index in [2.05, 4.69) is 26.6 Å². The number of nitriles is 1. The van der Waals surface area contributed by atoms with Crippen LogP contribution in [0.2, 0.25) is 0 Å². The van der Waals surface area contributed by atoms with Gasteiger partial charge in [-0.05, 0) is 30.7 Å². The van der Waals surface area contributed by atoms with E-state index in [1.165, 1.54) is 13.1 Å². The molecule has 1 amide bonds. The fraction of sp³-hybridized carbons (Fsp3) is 0.105. The van der Waals surface area contributed by atoms with Crippen molar-refractivity contribution in [2.24, 2.45) is 0 Å². The van der Waals surface area contributed by atoms with Crippen molar-refractivity contribution in [2.45, 2.75) is 13.5 Å². The van der Waals surface area contributed by atoms with Crippen molar-refractivity contribution in [2.75, 3.05) is 5.32 Å². The Morgan fingerprint density at radius 3 is 2.64 bits per heavy atom. The number of rotatable bonds is 6. The van der Waals surface area contributed by atoms with Crippen molar-refractivity contribution in [1.29, 1.82) is 5.26 Å². The quantitative estimate of drug-likeness (QED) is 0.441. The van der Waals surface area contributed by atoms with Crippen molar-refractivity contribution in [1.82, 2.24) is 5.32 Å². The summed E-state index contributed by atoms with van der Waals surface area (Å²) in [5.41, 5.74) is 1.91. The van der Waals surface area contributed by atoms with Crippen LogP contribution in [0.15, 0.2) is 64.8 Å². The number of hydrogen-bond donors (Lipinski definition) is 2. The summed E-state index contributed by atoms with van der Waals surface area (Å²) in [5.74, 6) is -0.634. The van der Waals surface area contributed by atoms with Crippen molar-refractivity contribution in [3.63, 3.8) is 0 Å². The third-order valence-corrected chi connectivity index (χ3v) is 4.16. The monoisotopic (exact) mass is 397 g/mol. The molecule has 5 nitrogen and oxygen atoms in total. The zero-order chi connectivity index (χ0) is 18.2. The molecule has 25 heavy (non-hydrogen) atoms. The van der Waals surface area contributed by atoms with Gasteiger partial charge in [-0.2, -0.15) is 5.26 Å². The molecule has 0 saturated carbocycles. The van der Waals surface area contributed by atoms with Gasteiger partial charge in [0.1, 0.15) is 11.6 Å². The highest BCUT2D eigenvalue weighted by molar-refractivity contribution is 9.10. The van der Waals surface area contributed by atoms with Crippen LogP contribution in [0.3, 0.4) is 0 Å². The van der Waals surface area contributed by atoms with Gasteiger partial charge < -0.3 is 10.6 Å². The van der Waals surface area contributed by atoms with Gasteiger partial charge in [0.05, 0.1) is 0 Å². The maximum Gasteiger partial charge on any atom is 0.267 e. The fourth-order valence-electron chi connectivity index (χ4n) is 2.07. The van der Waals surface area contributed by atoms with Crippen LogP contribution >= 0.6 is 15.9 Å². The first kappa shape index (κ1) is 18.4. The lowest BCUT2D eigenvalue weighted by Crippen LogP contribution is -2.17. The van der Waals surface area contributed by atoms with Crippen LogP contribution in [-0.4, -0.2) is 11.7 Å². The molecule has 0 saturated heterocycles. The van der Waals surface area contributed by atoms with Crippen molar-refractivity contribution in [3.8, 4) is 6.07 Å². The zero-order valence-corrected chi connectivity index (χ0v) is 15.1. The summed E-state index contributed by atoms with van der Waals surface area (Å²) in [4.78, 5) is 23.6. The summed E-state index contributed by atoms with van der Waals surface area (Å²) < 4.78 is 0.944. The molecule has 0 aromatic heterocycles. The molecule has 0 aliphatic rings. The van der Waals surface area contributed by atoms with Gasteiger partial charge in [0.15, 0.2) is 5.78 Å². The summed E-state index contributed by atoms with van der Waals surface area (Å²) in [6, 6.07) is 16.1. The molecule has 2 N–H and O–H groups in total. The Morgan fingerprint density at radius 1 is 1.20 bits per heavy atom. The van der Waals surface area contributed by atoms with Crippen LogP contribution in [-0.2, 0) is 11.3 Å². The molecule has 0 aliphatic carbocycles. The highest BCUT2D eigenvalue weighted by atomic mass is 79.9. The van der Waals surface area contributed by atoms with E-state index in [1.807, 2.05) is 30.3 Å². The van der Waals surface area contributed by atoms with Gasteiger partial charge in [0.2, 0.25) is 0 Å². The first-order valence-corrected chi connectivity index (χ1v) is 8.30. The van der Waals surface area contributed by atoms with E-state index in [9.17, 15) is 14.9 Å². The van der Waals surface area contributed by atoms with Crippen molar-refractivity contribution < 1.29 is 9.59 Å². The summed E-state index contributed by atoms with van der Waals surface area (Å²) in [7, 11) is 0. The second-order valence-electron chi connectivity index (χ2n) is 5.23. The molecular formula is C19H16BrN3O2. The second-order valence-corrected chi connectivity index (χ2v) is 6.09. The van der Waals surface area contributed by atoms with E-state index in [0.717, 1.165) is 10.0 Å². The van der Waals surface area contributed by atoms with Gasteiger partial charge in [-0.15, -0.1) is 0 Å². The smallest absolute Gasteiger partial charge is 0.267 e. The molecule has 0 heterocycles. The van der Waals surface area contributed by atoms with Crippen molar-refractivity contribution in [3.05, 3.63) is 75.9 Å². The van der Waals surface area contributed by atoms with Gasteiger partial charge in [-0.1, -0.05) is 46.3 Å². The number of nitrogens with one attached hydrogen (secondary N) is 2. The number of amides is 1. The predicted octanol–water partition coefficient (Wildman–Crippen LogP) is 3.79. The summed E-state index contributed by atoms with van der Waals surface area (Å²) >= 11 is 3.44. The van der Waals surface area contributed by atoms with Gasteiger partial charge in [0.25, 0.3) is 5.91 Å². The molecule has 6 heteroatoms. The molecular weight excluding hydrogens is 382 g/mol. The number of hydrogen-bond acceptors (Lipinski definition) is 4. The third kappa shape index (κ3) is 5.30. The molecule has 2 aromatic rings. The van der Waals surface area contributed by atoms with Gasteiger partial charge in [-0.25, -0.2) is 0 Å². The Labute approximate surface area is 154 Å². The molecule has 2 rings (SSSR count). The Morgan fingerprint density at radius 2 is 1.96 bits per heavy atom.